The number of oxime groups is 1. The number of aryl methyl sites for hydroxylation is 1. The average Bonchev–Trinajstić information content (AvgIpc) is 3.46. The van der Waals surface area contributed by atoms with Crippen molar-refractivity contribution in [3.63, 3.8) is 0 Å². The smallest absolute Gasteiger partial charge is 0.260 e. The fourth-order valence-corrected chi connectivity index (χ4v) is 6.43. The first-order chi connectivity index (χ1) is 20.9. The highest BCUT2D eigenvalue weighted by atomic mass is 16.6. The number of nitrogens with zero attached hydrogens (tertiary/aromatic N) is 2. The number of H-pyrrole nitrogens is 1. The molecule has 4 aliphatic rings. The molecule has 13 heteroatoms. The van der Waals surface area contributed by atoms with E-state index < -0.39 is 76.6 Å². The molecule has 13 nitrogen and oxygen atoms in total. The van der Waals surface area contributed by atoms with Crippen LogP contribution in [0.1, 0.15) is 29.7 Å². The molecule has 1 atom stereocenters. The van der Waals surface area contributed by atoms with Crippen molar-refractivity contribution in [2.75, 3.05) is 34.4 Å². The topological polar surface area (TPSA) is 196 Å². The molecule has 1 aromatic heterocycles. The van der Waals surface area contributed by atoms with Gasteiger partial charge in [-0.3, -0.25) is 24.0 Å². The molecule has 0 bridgehead atoms. The second kappa shape index (κ2) is 10.2. The van der Waals surface area contributed by atoms with Gasteiger partial charge in [0.25, 0.3) is 5.56 Å². The van der Waals surface area contributed by atoms with E-state index >= 15 is 0 Å². The lowest BCUT2D eigenvalue weighted by atomic mass is 9.78. The minimum Gasteiger partial charge on any atom is -0.510 e. The van der Waals surface area contributed by atoms with Gasteiger partial charge in [-0.25, -0.2) is 0 Å². The summed E-state index contributed by atoms with van der Waals surface area (Å²) in [6.07, 6.45) is 2.16. The normalized spacial score (nSPS) is 17.5. The highest BCUT2D eigenvalue weighted by Gasteiger charge is 2.53. The largest absolute Gasteiger partial charge is 0.510 e. The van der Waals surface area contributed by atoms with E-state index in [2.05, 4.69) is 10.1 Å². The summed E-state index contributed by atoms with van der Waals surface area (Å²) in [5, 5.41) is 35.9. The number of ether oxygens (including phenoxy) is 1. The summed E-state index contributed by atoms with van der Waals surface area (Å²) < 4.78 is 4.90. The maximum atomic E-state index is 13.6. The summed E-state index contributed by atoms with van der Waals surface area (Å²) in [6.45, 7) is 1.19. The van der Waals surface area contributed by atoms with Gasteiger partial charge in [-0.15, -0.1) is 0 Å². The standard InChI is InChI=1S/C31H27N3O10/c1-34(2)7-4-8-44-32-12-15-10-14-9-13-5-6-31(23(13)27(39)18(14)30(42)33-15)28(40)21-22(29(31)41)26(38)20-19(25(21)37)16(35)11-17(43-3)24(20)36/h9-12,39-41H,4-8H2,1-3H3,(H,33,42)/b32-12+. The van der Waals surface area contributed by atoms with Crippen LogP contribution in [0, 0.1) is 10.4 Å². The molecule has 0 saturated heterocycles. The quantitative estimate of drug-likeness (QED) is 0.113. The minimum atomic E-state index is -1.96. The minimum absolute atomic E-state index is 0.0579. The zero-order valence-corrected chi connectivity index (χ0v) is 23.9. The lowest BCUT2D eigenvalue weighted by Crippen LogP contribution is -2.51. The Balaban J connectivity index is 1.55. The number of aromatic amines is 1. The first kappa shape index (κ1) is 28.8. The summed E-state index contributed by atoms with van der Waals surface area (Å²) >= 11 is 0. The molecule has 0 fully saturated rings. The van der Waals surface area contributed by atoms with Crippen LogP contribution in [0.3, 0.4) is 0 Å². The number of phenols is 1. The number of pyridine rings is 1. The number of aliphatic hydroxyl groups is 2. The summed E-state index contributed by atoms with van der Waals surface area (Å²) in [5.41, 5.74) is -6.19. The zero-order chi connectivity index (χ0) is 31.7. The molecule has 0 aliphatic heterocycles. The van der Waals surface area contributed by atoms with Crippen molar-refractivity contribution < 1.29 is 24.9 Å². The van der Waals surface area contributed by atoms with Gasteiger partial charge in [0.1, 0.15) is 29.3 Å². The van der Waals surface area contributed by atoms with Gasteiger partial charge in [0.2, 0.25) is 16.3 Å². The van der Waals surface area contributed by atoms with Crippen molar-refractivity contribution in [1.82, 2.24) is 9.88 Å². The van der Waals surface area contributed by atoms with Crippen LogP contribution in [-0.2, 0) is 16.7 Å². The van der Waals surface area contributed by atoms with Crippen LogP contribution in [0.4, 0.5) is 0 Å². The molecular formula is C31H27N3O10. The molecule has 1 aromatic carbocycles. The molecule has 0 saturated carbocycles. The second-order valence-corrected chi connectivity index (χ2v) is 11.2. The van der Waals surface area contributed by atoms with Crippen LogP contribution in [0.5, 0.6) is 11.5 Å². The average molecular weight is 602 g/mol. The molecule has 0 amide bonds. The van der Waals surface area contributed by atoms with Crippen LogP contribution >= 0.6 is 0 Å². The molecular weight excluding hydrogens is 574 g/mol. The predicted octanol–water partition coefficient (Wildman–Crippen LogP) is -1.18. The Morgan fingerprint density at radius 2 is 1.64 bits per heavy atom. The molecule has 4 aliphatic carbocycles. The SMILES string of the molecule is COc1cc(=O)c2c(=O)c3c(c(=O)c=2c1=O)=C(O)C1(CCc2cc4cc(/C=N/OCCCN(C)C)[nH]c(=O)c4c(O)c21)C=3O. The van der Waals surface area contributed by atoms with Crippen molar-refractivity contribution >= 4 is 28.5 Å². The number of hydrogen-bond donors (Lipinski definition) is 4. The number of fused-ring (bicyclic) bond motifs is 4. The maximum Gasteiger partial charge on any atom is 0.260 e. The van der Waals surface area contributed by atoms with E-state index in [1.54, 1.807) is 12.1 Å². The molecule has 6 rings (SSSR count). The lowest BCUT2D eigenvalue weighted by Gasteiger charge is -2.27. The summed E-state index contributed by atoms with van der Waals surface area (Å²) in [7, 11) is 5.00. The van der Waals surface area contributed by atoms with E-state index in [0.29, 0.717) is 23.3 Å². The van der Waals surface area contributed by atoms with Crippen molar-refractivity contribution in [1.29, 1.82) is 0 Å². The van der Waals surface area contributed by atoms with E-state index in [1.807, 2.05) is 19.0 Å². The van der Waals surface area contributed by atoms with Crippen molar-refractivity contribution in [2.24, 2.45) is 5.16 Å². The third kappa shape index (κ3) is 3.89. The number of phenolic OH excluding ortho intramolecular Hbond substituents is 1. The number of aromatic hydroxyl groups is 1. The summed E-state index contributed by atoms with van der Waals surface area (Å²) in [5.74, 6) is -2.53. The van der Waals surface area contributed by atoms with E-state index in [4.69, 9.17) is 9.57 Å². The fraction of sp³-hybridized carbons (Fsp3) is 0.290. The first-order valence-electron chi connectivity index (χ1n) is 13.7. The Bertz CT molecular complexity index is 2410. The Morgan fingerprint density at radius 1 is 0.955 bits per heavy atom. The van der Waals surface area contributed by atoms with Gasteiger partial charge in [0, 0.05) is 18.2 Å². The van der Waals surface area contributed by atoms with E-state index in [0.717, 1.165) is 26.1 Å². The van der Waals surface area contributed by atoms with Crippen LogP contribution in [-0.4, -0.2) is 65.8 Å². The highest BCUT2D eigenvalue weighted by Crippen LogP contribution is 2.54. The van der Waals surface area contributed by atoms with Gasteiger partial charge in [-0.1, -0.05) is 11.2 Å². The monoisotopic (exact) mass is 601 g/mol. The number of benzene rings is 1. The van der Waals surface area contributed by atoms with Crippen molar-refractivity contribution in [2.45, 2.75) is 24.7 Å². The molecule has 1 spiro atoms. The van der Waals surface area contributed by atoms with E-state index in [1.165, 1.54) is 6.21 Å². The number of hydrogen-bond acceptors (Lipinski definition) is 12. The summed E-state index contributed by atoms with van der Waals surface area (Å²) in [6, 6.07) is 3.97. The van der Waals surface area contributed by atoms with E-state index in [-0.39, 0.29) is 23.8 Å². The maximum absolute atomic E-state index is 13.6. The third-order valence-electron chi connectivity index (χ3n) is 8.38. The fourth-order valence-electron chi connectivity index (χ4n) is 6.43. The number of aliphatic hydroxyl groups excluding tert-OH is 2. The predicted molar refractivity (Wildman–Crippen MR) is 160 cm³/mol. The molecule has 226 valence electrons. The Kier molecular flexibility index (Phi) is 6.65. The molecule has 1 unspecified atom stereocenters. The number of aromatic nitrogens is 1. The Labute approximate surface area is 246 Å². The number of methoxy groups -OCH3 is 1. The molecule has 2 aromatic rings. The third-order valence-corrected chi connectivity index (χ3v) is 8.38. The zero-order valence-electron chi connectivity index (χ0n) is 23.9. The van der Waals surface area contributed by atoms with Crippen LogP contribution in [0.15, 0.2) is 47.3 Å². The van der Waals surface area contributed by atoms with E-state index in [9.17, 15) is 39.3 Å². The highest BCUT2D eigenvalue weighted by molar-refractivity contribution is 5.96. The van der Waals surface area contributed by atoms with Gasteiger partial charge < -0.3 is 34.8 Å². The van der Waals surface area contributed by atoms with Crippen LogP contribution < -0.4 is 42.4 Å². The molecule has 1 heterocycles. The second-order valence-electron chi connectivity index (χ2n) is 11.2. The van der Waals surface area contributed by atoms with Crippen molar-refractivity contribution in [3.8, 4) is 11.5 Å². The summed E-state index contributed by atoms with van der Waals surface area (Å²) in [4.78, 5) is 75.9. The van der Waals surface area contributed by atoms with Gasteiger partial charge in [-0.05, 0) is 50.4 Å². The van der Waals surface area contributed by atoms with Crippen LogP contribution in [0.25, 0.3) is 22.3 Å². The molecule has 4 N–H and O–H groups in total. The Hall–Kier alpha value is -5.30. The van der Waals surface area contributed by atoms with Crippen molar-refractivity contribution in [3.05, 3.63) is 107 Å². The number of nitrogens with one attached hydrogen (secondary N) is 1. The van der Waals surface area contributed by atoms with Gasteiger partial charge >= 0.3 is 0 Å². The number of rotatable bonds is 7. The lowest BCUT2D eigenvalue weighted by molar-refractivity contribution is 0.136. The van der Waals surface area contributed by atoms with Gasteiger partial charge in [0.05, 0.1) is 45.3 Å². The van der Waals surface area contributed by atoms with Gasteiger partial charge in [-0.2, -0.15) is 0 Å². The first-order valence-corrected chi connectivity index (χ1v) is 13.7. The van der Waals surface area contributed by atoms with Crippen LogP contribution in [0.2, 0.25) is 0 Å². The van der Waals surface area contributed by atoms with Gasteiger partial charge in [0.15, 0.2) is 11.2 Å². The molecule has 44 heavy (non-hydrogen) atoms. The Morgan fingerprint density at radius 3 is 2.30 bits per heavy atom. The molecule has 0 radical (unpaired) electrons.